The van der Waals surface area contributed by atoms with Crippen LogP contribution in [0.25, 0.3) is 0 Å². The highest BCUT2D eigenvalue weighted by molar-refractivity contribution is 5.85. The van der Waals surface area contributed by atoms with Gasteiger partial charge in [0, 0.05) is 36.9 Å². The van der Waals surface area contributed by atoms with Crippen molar-refractivity contribution >= 4 is 18.3 Å². The molecule has 132 valence electrons. The minimum Gasteiger partial charge on any atom is -0.335 e. The molecule has 0 spiro atoms. The van der Waals surface area contributed by atoms with E-state index in [-0.39, 0.29) is 18.3 Å². The van der Waals surface area contributed by atoms with Gasteiger partial charge in [-0.2, -0.15) is 0 Å². The summed E-state index contributed by atoms with van der Waals surface area (Å²) in [6.45, 7) is 0.740. The fourth-order valence-electron chi connectivity index (χ4n) is 4.68. The van der Waals surface area contributed by atoms with Crippen molar-refractivity contribution in [1.82, 2.24) is 9.88 Å². The predicted octanol–water partition coefficient (Wildman–Crippen LogP) is 3.15. The number of nitrogens with zero attached hydrogens (tertiary/aromatic N) is 2. The van der Waals surface area contributed by atoms with Gasteiger partial charge in [0.2, 0.25) is 5.91 Å². The number of nitrogens with two attached hydrogens (primary N) is 1. The maximum absolute atomic E-state index is 13.2. The van der Waals surface area contributed by atoms with E-state index < -0.39 is 0 Å². The van der Waals surface area contributed by atoms with E-state index in [9.17, 15) is 4.79 Å². The van der Waals surface area contributed by atoms with Crippen LogP contribution in [0.15, 0.2) is 24.5 Å². The number of carbonyl (C=O) groups excluding carboxylic acids is 1. The summed E-state index contributed by atoms with van der Waals surface area (Å²) < 4.78 is 0. The smallest absolute Gasteiger partial charge is 0.226 e. The first kappa shape index (κ1) is 17.7. The largest absolute Gasteiger partial charge is 0.335 e. The van der Waals surface area contributed by atoms with Gasteiger partial charge in [-0.25, -0.2) is 0 Å². The lowest BCUT2D eigenvalue weighted by atomic mass is 9.65. The topological polar surface area (TPSA) is 59.2 Å². The molecular formula is C19H28ClN3O. The molecular weight excluding hydrogens is 322 g/mol. The summed E-state index contributed by atoms with van der Waals surface area (Å²) >= 11 is 0. The Labute approximate surface area is 150 Å². The second-order valence-electron chi connectivity index (χ2n) is 7.75. The van der Waals surface area contributed by atoms with Crippen LogP contribution in [0.3, 0.4) is 0 Å². The Hall–Kier alpha value is -1.13. The first-order valence-electron chi connectivity index (χ1n) is 9.17. The molecule has 3 aliphatic rings. The third-order valence-electron chi connectivity index (χ3n) is 6.14. The van der Waals surface area contributed by atoms with Crippen LogP contribution in [0, 0.1) is 17.8 Å². The normalized spacial score (nSPS) is 31.9. The quantitative estimate of drug-likeness (QED) is 0.908. The zero-order valence-corrected chi connectivity index (χ0v) is 15.0. The molecule has 0 saturated heterocycles. The summed E-state index contributed by atoms with van der Waals surface area (Å²) in [7, 11) is 0. The molecule has 2 N–H and O–H groups in total. The number of halogens is 1. The van der Waals surface area contributed by atoms with E-state index >= 15 is 0 Å². The molecule has 2 atom stereocenters. The Bertz CT molecular complexity index is 549. The van der Waals surface area contributed by atoms with Crippen molar-refractivity contribution in [1.29, 1.82) is 0 Å². The third kappa shape index (κ3) is 3.60. The van der Waals surface area contributed by atoms with Gasteiger partial charge in [-0.1, -0.05) is 6.42 Å². The molecule has 1 aromatic rings. The van der Waals surface area contributed by atoms with Crippen LogP contribution in [0.2, 0.25) is 0 Å². The van der Waals surface area contributed by atoms with Crippen molar-refractivity contribution in [3.63, 3.8) is 0 Å². The van der Waals surface area contributed by atoms with Gasteiger partial charge in [-0.15, -0.1) is 12.4 Å². The molecule has 4 nitrogen and oxygen atoms in total. The molecule has 0 radical (unpaired) electrons. The fraction of sp³-hybridized carbons (Fsp3) is 0.684. The molecule has 1 aromatic heterocycles. The number of hydrogen-bond donors (Lipinski definition) is 1. The fourth-order valence-corrected chi connectivity index (χ4v) is 4.68. The van der Waals surface area contributed by atoms with Crippen LogP contribution in [0.1, 0.15) is 50.5 Å². The van der Waals surface area contributed by atoms with Gasteiger partial charge in [0.15, 0.2) is 0 Å². The van der Waals surface area contributed by atoms with Crippen LogP contribution in [0.4, 0.5) is 0 Å². The van der Waals surface area contributed by atoms with Crippen molar-refractivity contribution in [3.8, 4) is 0 Å². The molecule has 2 unspecified atom stereocenters. The molecule has 1 amide bonds. The molecule has 1 heterocycles. The van der Waals surface area contributed by atoms with Gasteiger partial charge >= 0.3 is 0 Å². The van der Waals surface area contributed by atoms with E-state index in [1.54, 1.807) is 0 Å². The maximum Gasteiger partial charge on any atom is 0.226 e. The Morgan fingerprint density at radius 2 is 1.75 bits per heavy atom. The predicted molar refractivity (Wildman–Crippen MR) is 96.6 cm³/mol. The summed E-state index contributed by atoms with van der Waals surface area (Å²) in [6.07, 6.45) is 11.7. The third-order valence-corrected chi connectivity index (χ3v) is 6.14. The number of hydrogen-bond acceptors (Lipinski definition) is 3. The number of pyridine rings is 1. The standard InChI is InChI=1S/C19H27N3O.ClH/c20-18-14-2-1-3-15(18)11-16(10-14)19(23)22(17-4-5-17)12-13-6-8-21-9-7-13;/h6-9,14-18H,1-5,10-12,20H2;1H. The highest BCUT2D eigenvalue weighted by atomic mass is 35.5. The number of rotatable bonds is 4. The summed E-state index contributed by atoms with van der Waals surface area (Å²) in [5, 5.41) is 0. The highest BCUT2D eigenvalue weighted by Crippen LogP contribution is 2.43. The van der Waals surface area contributed by atoms with Crippen molar-refractivity contribution < 1.29 is 4.79 Å². The average Bonchev–Trinajstić information content (AvgIpc) is 3.37. The zero-order valence-electron chi connectivity index (χ0n) is 14.1. The summed E-state index contributed by atoms with van der Waals surface area (Å²) in [5.74, 6) is 1.72. The summed E-state index contributed by atoms with van der Waals surface area (Å²) in [6, 6.07) is 4.84. The lowest BCUT2D eigenvalue weighted by Crippen LogP contribution is -2.50. The van der Waals surface area contributed by atoms with Crippen molar-refractivity contribution in [3.05, 3.63) is 30.1 Å². The van der Waals surface area contributed by atoms with Gasteiger partial charge in [0.1, 0.15) is 0 Å². The minimum absolute atomic E-state index is 0. The van der Waals surface area contributed by atoms with Gasteiger partial charge in [-0.05, 0) is 68.1 Å². The molecule has 3 aliphatic carbocycles. The molecule has 3 fully saturated rings. The van der Waals surface area contributed by atoms with Gasteiger partial charge < -0.3 is 10.6 Å². The highest BCUT2D eigenvalue weighted by Gasteiger charge is 2.43. The number of carbonyl (C=O) groups is 1. The number of amides is 1. The molecule has 0 aromatic carbocycles. The van der Waals surface area contributed by atoms with Crippen molar-refractivity contribution in [2.45, 2.75) is 63.6 Å². The molecule has 24 heavy (non-hydrogen) atoms. The van der Waals surface area contributed by atoms with E-state index in [1.807, 2.05) is 24.5 Å². The monoisotopic (exact) mass is 349 g/mol. The first-order chi connectivity index (χ1) is 11.2. The number of aromatic nitrogens is 1. The summed E-state index contributed by atoms with van der Waals surface area (Å²) in [4.78, 5) is 19.4. The van der Waals surface area contributed by atoms with E-state index in [4.69, 9.17) is 5.73 Å². The van der Waals surface area contributed by atoms with E-state index in [0.717, 1.165) is 32.2 Å². The Balaban J connectivity index is 0.00000169. The van der Waals surface area contributed by atoms with Gasteiger partial charge in [0.05, 0.1) is 0 Å². The minimum atomic E-state index is 0. The Kier molecular flexibility index (Phi) is 5.46. The molecule has 5 heteroatoms. The average molecular weight is 350 g/mol. The van der Waals surface area contributed by atoms with Gasteiger partial charge in [0.25, 0.3) is 0 Å². The second-order valence-corrected chi connectivity index (χ2v) is 7.75. The number of fused-ring (bicyclic) bond motifs is 2. The van der Waals surface area contributed by atoms with Crippen LogP contribution < -0.4 is 5.73 Å². The zero-order chi connectivity index (χ0) is 15.8. The van der Waals surface area contributed by atoms with Gasteiger partial charge in [-0.3, -0.25) is 9.78 Å². The lowest BCUT2D eigenvalue weighted by molar-refractivity contribution is -0.140. The maximum atomic E-state index is 13.2. The Morgan fingerprint density at radius 1 is 1.12 bits per heavy atom. The Morgan fingerprint density at radius 3 is 2.33 bits per heavy atom. The van der Waals surface area contributed by atoms with Crippen LogP contribution in [0.5, 0.6) is 0 Å². The molecule has 4 rings (SSSR count). The van der Waals surface area contributed by atoms with Crippen LogP contribution in [-0.2, 0) is 11.3 Å². The van der Waals surface area contributed by atoms with Crippen molar-refractivity contribution in [2.24, 2.45) is 23.5 Å². The molecule has 0 aliphatic heterocycles. The SMILES string of the molecule is Cl.NC1C2CCCC1CC(C(=O)N(Cc1ccncc1)C1CC1)C2. The lowest BCUT2D eigenvalue weighted by Gasteiger charge is -2.44. The van der Waals surface area contributed by atoms with Crippen molar-refractivity contribution in [2.75, 3.05) is 0 Å². The molecule has 2 bridgehead atoms. The summed E-state index contributed by atoms with van der Waals surface area (Å²) in [5.41, 5.74) is 7.57. The van der Waals surface area contributed by atoms with Crippen LogP contribution >= 0.6 is 12.4 Å². The van der Waals surface area contributed by atoms with E-state index in [0.29, 0.717) is 29.8 Å². The van der Waals surface area contributed by atoms with E-state index in [1.165, 1.54) is 24.8 Å². The molecule has 3 saturated carbocycles. The first-order valence-corrected chi connectivity index (χ1v) is 9.17. The second kappa shape index (κ2) is 7.40. The van der Waals surface area contributed by atoms with Crippen LogP contribution in [-0.4, -0.2) is 27.9 Å². The van der Waals surface area contributed by atoms with E-state index in [2.05, 4.69) is 9.88 Å².